The lowest BCUT2D eigenvalue weighted by molar-refractivity contribution is -0.130. The lowest BCUT2D eigenvalue weighted by Gasteiger charge is -2.13. The van der Waals surface area contributed by atoms with Crippen LogP contribution in [0, 0.1) is 0 Å². The van der Waals surface area contributed by atoms with Crippen LogP contribution in [0.5, 0.6) is 0 Å². The first-order valence-corrected chi connectivity index (χ1v) is 7.61. The van der Waals surface area contributed by atoms with E-state index in [0.29, 0.717) is 12.1 Å². The third-order valence-corrected chi connectivity index (χ3v) is 3.31. The molecule has 24 heavy (non-hydrogen) atoms. The smallest absolute Gasteiger partial charge is 0.340 e. The standard InChI is InChI=1S/C17H19N3O4/c1-3-18-16(22)11(2)20-14(21)10-24-17(23)13-8-4-6-12-7-5-9-19-15(12)13/h4-9,11H,3,10H2,1-2H3,(H,18,22)(H,20,21)/t11-/m1/s1. The number of carbonyl (C=O) groups excluding carboxylic acids is 3. The molecule has 1 aromatic heterocycles. The number of esters is 1. The molecule has 0 aliphatic heterocycles. The second kappa shape index (κ2) is 8.05. The Balaban J connectivity index is 1.95. The minimum atomic E-state index is -0.699. The molecule has 1 atom stereocenters. The minimum Gasteiger partial charge on any atom is -0.452 e. The average molecular weight is 329 g/mol. The summed E-state index contributed by atoms with van der Waals surface area (Å²) in [5.74, 6) is -1.48. The molecule has 2 N–H and O–H groups in total. The minimum absolute atomic E-state index is 0.290. The van der Waals surface area contributed by atoms with Crippen molar-refractivity contribution in [2.24, 2.45) is 0 Å². The van der Waals surface area contributed by atoms with Crippen molar-refractivity contribution in [2.75, 3.05) is 13.2 Å². The number of pyridine rings is 1. The Bertz CT molecular complexity index is 755. The van der Waals surface area contributed by atoms with Gasteiger partial charge in [0.2, 0.25) is 5.91 Å². The largest absolute Gasteiger partial charge is 0.452 e. The summed E-state index contributed by atoms with van der Waals surface area (Å²) in [6.07, 6.45) is 1.58. The molecule has 2 rings (SSSR count). The van der Waals surface area contributed by atoms with Crippen molar-refractivity contribution in [1.29, 1.82) is 0 Å². The summed E-state index contributed by atoms with van der Waals surface area (Å²) >= 11 is 0. The number of nitrogens with one attached hydrogen (secondary N) is 2. The van der Waals surface area contributed by atoms with Gasteiger partial charge in [-0.1, -0.05) is 18.2 Å². The maximum Gasteiger partial charge on any atom is 0.340 e. The van der Waals surface area contributed by atoms with Gasteiger partial charge in [0, 0.05) is 18.1 Å². The Morgan fingerprint density at radius 2 is 1.96 bits per heavy atom. The predicted molar refractivity (Wildman–Crippen MR) is 88.3 cm³/mol. The van der Waals surface area contributed by atoms with E-state index in [-0.39, 0.29) is 11.5 Å². The van der Waals surface area contributed by atoms with Crippen LogP contribution in [0.25, 0.3) is 10.9 Å². The summed E-state index contributed by atoms with van der Waals surface area (Å²) < 4.78 is 5.02. The van der Waals surface area contributed by atoms with Gasteiger partial charge in [-0.3, -0.25) is 14.6 Å². The molecular formula is C17H19N3O4. The van der Waals surface area contributed by atoms with Crippen LogP contribution in [-0.2, 0) is 14.3 Å². The Hall–Kier alpha value is -2.96. The van der Waals surface area contributed by atoms with Crippen LogP contribution in [0.2, 0.25) is 0 Å². The normalized spacial score (nSPS) is 11.6. The van der Waals surface area contributed by atoms with Crippen molar-refractivity contribution in [3.8, 4) is 0 Å². The number of para-hydroxylation sites is 1. The Morgan fingerprint density at radius 1 is 1.21 bits per heavy atom. The van der Waals surface area contributed by atoms with Crippen molar-refractivity contribution in [2.45, 2.75) is 19.9 Å². The van der Waals surface area contributed by atoms with Gasteiger partial charge in [0.1, 0.15) is 6.04 Å². The van der Waals surface area contributed by atoms with Crippen LogP contribution < -0.4 is 10.6 Å². The summed E-state index contributed by atoms with van der Waals surface area (Å²) in [5, 5.41) is 5.86. The summed E-state index contributed by atoms with van der Waals surface area (Å²) in [5.41, 5.74) is 0.804. The fourth-order valence-electron chi connectivity index (χ4n) is 2.15. The fourth-order valence-corrected chi connectivity index (χ4v) is 2.15. The summed E-state index contributed by atoms with van der Waals surface area (Å²) in [4.78, 5) is 39.7. The van der Waals surface area contributed by atoms with E-state index >= 15 is 0 Å². The molecule has 0 saturated carbocycles. The molecule has 0 aliphatic carbocycles. The zero-order valence-electron chi connectivity index (χ0n) is 13.5. The molecule has 0 spiro atoms. The highest BCUT2D eigenvalue weighted by Crippen LogP contribution is 2.16. The SMILES string of the molecule is CCNC(=O)[C@@H](C)NC(=O)COC(=O)c1cccc2cccnc12. The van der Waals surface area contributed by atoms with Crippen molar-refractivity contribution < 1.29 is 19.1 Å². The van der Waals surface area contributed by atoms with Crippen molar-refractivity contribution in [1.82, 2.24) is 15.6 Å². The highest BCUT2D eigenvalue weighted by atomic mass is 16.5. The topological polar surface area (TPSA) is 97.4 Å². The number of carbonyl (C=O) groups is 3. The molecule has 7 nitrogen and oxygen atoms in total. The van der Waals surface area contributed by atoms with Gasteiger partial charge < -0.3 is 15.4 Å². The highest BCUT2D eigenvalue weighted by molar-refractivity contribution is 6.03. The third-order valence-electron chi connectivity index (χ3n) is 3.31. The van der Waals surface area contributed by atoms with E-state index in [4.69, 9.17) is 4.74 Å². The van der Waals surface area contributed by atoms with E-state index in [9.17, 15) is 14.4 Å². The van der Waals surface area contributed by atoms with Gasteiger partial charge in [-0.15, -0.1) is 0 Å². The number of amides is 2. The Morgan fingerprint density at radius 3 is 2.71 bits per heavy atom. The molecule has 1 heterocycles. The molecule has 2 aromatic rings. The number of hydrogen-bond donors (Lipinski definition) is 2. The maximum atomic E-state index is 12.2. The van der Waals surface area contributed by atoms with E-state index < -0.39 is 24.5 Å². The molecular weight excluding hydrogens is 310 g/mol. The number of benzene rings is 1. The molecule has 0 bridgehead atoms. The van der Waals surface area contributed by atoms with Gasteiger partial charge in [0.25, 0.3) is 5.91 Å². The van der Waals surface area contributed by atoms with E-state index in [2.05, 4.69) is 15.6 Å². The molecule has 0 radical (unpaired) electrons. The maximum absolute atomic E-state index is 12.2. The summed E-state index contributed by atoms with van der Waals surface area (Å²) in [6, 6.07) is 8.05. The van der Waals surface area contributed by atoms with Crippen LogP contribution in [-0.4, -0.2) is 42.0 Å². The molecule has 0 fully saturated rings. The summed E-state index contributed by atoms with van der Waals surface area (Å²) in [7, 11) is 0. The second-order valence-corrected chi connectivity index (χ2v) is 5.14. The summed E-state index contributed by atoms with van der Waals surface area (Å²) in [6.45, 7) is 3.35. The third kappa shape index (κ3) is 4.28. The molecule has 0 aliphatic rings. The number of nitrogens with zero attached hydrogens (tertiary/aromatic N) is 1. The van der Waals surface area contributed by atoms with Crippen LogP contribution in [0.3, 0.4) is 0 Å². The zero-order valence-corrected chi connectivity index (χ0v) is 13.5. The molecule has 0 unspecified atom stereocenters. The van der Waals surface area contributed by atoms with Crippen molar-refractivity contribution >= 4 is 28.7 Å². The van der Waals surface area contributed by atoms with E-state index in [1.807, 2.05) is 12.1 Å². The Kier molecular flexibility index (Phi) is 5.83. The molecule has 7 heteroatoms. The Labute approximate surface area is 139 Å². The first kappa shape index (κ1) is 17.4. The number of fused-ring (bicyclic) bond motifs is 1. The van der Waals surface area contributed by atoms with Gasteiger partial charge in [0.05, 0.1) is 11.1 Å². The van der Waals surface area contributed by atoms with Crippen LogP contribution in [0.4, 0.5) is 0 Å². The lowest BCUT2D eigenvalue weighted by Crippen LogP contribution is -2.46. The highest BCUT2D eigenvalue weighted by Gasteiger charge is 2.17. The molecule has 1 aromatic carbocycles. The number of hydrogen-bond acceptors (Lipinski definition) is 5. The van der Waals surface area contributed by atoms with E-state index in [0.717, 1.165) is 5.39 Å². The monoisotopic (exact) mass is 329 g/mol. The van der Waals surface area contributed by atoms with Crippen molar-refractivity contribution in [3.63, 3.8) is 0 Å². The number of rotatable bonds is 6. The van der Waals surface area contributed by atoms with Gasteiger partial charge >= 0.3 is 5.97 Å². The van der Waals surface area contributed by atoms with Gasteiger partial charge in [-0.25, -0.2) is 4.79 Å². The number of aromatic nitrogens is 1. The molecule has 0 saturated heterocycles. The lowest BCUT2D eigenvalue weighted by atomic mass is 10.1. The van der Waals surface area contributed by atoms with E-state index in [1.54, 1.807) is 38.2 Å². The van der Waals surface area contributed by atoms with Gasteiger partial charge in [-0.05, 0) is 26.0 Å². The van der Waals surface area contributed by atoms with Crippen molar-refractivity contribution in [3.05, 3.63) is 42.1 Å². The average Bonchev–Trinajstić information content (AvgIpc) is 2.59. The molecule has 2 amide bonds. The van der Waals surface area contributed by atoms with Gasteiger partial charge in [0.15, 0.2) is 6.61 Å². The zero-order chi connectivity index (χ0) is 17.5. The van der Waals surface area contributed by atoms with Crippen LogP contribution in [0.15, 0.2) is 36.5 Å². The number of ether oxygens (including phenoxy) is 1. The van der Waals surface area contributed by atoms with E-state index in [1.165, 1.54) is 0 Å². The molecule has 126 valence electrons. The predicted octanol–water partition coefficient (Wildman–Crippen LogP) is 1.03. The second-order valence-electron chi connectivity index (χ2n) is 5.14. The first-order valence-electron chi connectivity index (χ1n) is 7.61. The number of likely N-dealkylation sites (N-methyl/N-ethyl adjacent to an activating group) is 1. The fraction of sp³-hybridized carbons (Fsp3) is 0.294. The quantitative estimate of drug-likeness (QED) is 0.772. The first-order chi connectivity index (χ1) is 11.5. The van der Waals surface area contributed by atoms with Crippen LogP contribution >= 0.6 is 0 Å². The van der Waals surface area contributed by atoms with Crippen LogP contribution in [0.1, 0.15) is 24.2 Å². The van der Waals surface area contributed by atoms with Gasteiger partial charge in [-0.2, -0.15) is 0 Å².